The van der Waals surface area contributed by atoms with Gasteiger partial charge in [0.2, 0.25) is 0 Å². The number of hydrogen-bond donors (Lipinski definition) is 2. The van der Waals surface area contributed by atoms with Gasteiger partial charge < -0.3 is 5.11 Å². The minimum absolute atomic E-state index is 0.272. The van der Waals surface area contributed by atoms with Crippen LogP contribution in [0.15, 0.2) is 17.7 Å². The van der Waals surface area contributed by atoms with Crippen molar-refractivity contribution in [3.8, 4) is 0 Å². The van der Waals surface area contributed by atoms with Crippen LogP contribution in [0, 0.1) is 0 Å². The first-order valence-electron chi connectivity index (χ1n) is 7.18. The van der Waals surface area contributed by atoms with E-state index in [4.69, 9.17) is 0 Å². The summed E-state index contributed by atoms with van der Waals surface area (Å²) in [4.78, 5) is 2.89. The predicted molar refractivity (Wildman–Crippen MR) is 82.5 cm³/mol. The summed E-state index contributed by atoms with van der Waals surface area (Å²) in [6.07, 6.45) is 4.40. The number of aromatic nitrogens is 3. The number of likely N-dealkylation sites (tertiary alicyclic amines) is 1. The number of aliphatic hydroxyl groups is 1. The number of nitrogens with zero attached hydrogens (tertiary/aromatic N) is 4. The molecule has 0 aromatic carbocycles. The molecule has 0 amide bonds. The van der Waals surface area contributed by atoms with E-state index in [9.17, 15) is 5.11 Å². The molecule has 1 unspecified atom stereocenters. The van der Waals surface area contributed by atoms with Crippen LogP contribution in [0.2, 0.25) is 0 Å². The highest BCUT2D eigenvalue weighted by Gasteiger charge is 2.37. The van der Waals surface area contributed by atoms with Crippen LogP contribution >= 0.6 is 12.6 Å². The van der Waals surface area contributed by atoms with Crippen LogP contribution in [0.25, 0.3) is 0 Å². The molecule has 1 aromatic rings. The van der Waals surface area contributed by atoms with Crippen LogP contribution < -0.4 is 0 Å². The molecule has 1 aliphatic rings. The van der Waals surface area contributed by atoms with Crippen LogP contribution in [-0.2, 0) is 13.1 Å². The zero-order valence-corrected chi connectivity index (χ0v) is 13.2. The van der Waals surface area contributed by atoms with Gasteiger partial charge in [-0.15, -0.1) is 17.7 Å². The second-order valence-corrected chi connectivity index (χ2v) is 6.26. The van der Waals surface area contributed by atoms with Crippen molar-refractivity contribution in [3.63, 3.8) is 0 Å². The molecule has 20 heavy (non-hydrogen) atoms. The summed E-state index contributed by atoms with van der Waals surface area (Å²) in [5, 5.41) is 18.8. The molecule has 0 bridgehead atoms. The number of hydrogen-bond acceptors (Lipinski definition) is 5. The van der Waals surface area contributed by atoms with Crippen molar-refractivity contribution in [1.82, 2.24) is 19.9 Å². The first-order chi connectivity index (χ1) is 9.44. The van der Waals surface area contributed by atoms with Gasteiger partial charge in [-0.05, 0) is 26.2 Å². The fourth-order valence-electron chi connectivity index (χ4n) is 2.72. The molecule has 0 saturated carbocycles. The molecule has 112 valence electrons. The number of thiol groups is 1. The van der Waals surface area contributed by atoms with E-state index >= 15 is 0 Å². The molecule has 6 heteroatoms. The fourth-order valence-corrected chi connectivity index (χ4v) is 2.93. The Morgan fingerprint density at radius 2 is 2.40 bits per heavy atom. The molecule has 0 aliphatic carbocycles. The van der Waals surface area contributed by atoms with Crippen molar-refractivity contribution >= 4 is 12.6 Å². The molecular weight excluding hydrogens is 272 g/mol. The number of aryl methyl sites for hydroxylation is 1. The Balaban J connectivity index is 1.96. The van der Waals surface area contributed by atoms with E-state index in [0.29, 0.717) is 17.7 Å². The SMILES string of the molecule is C=C(S)C1(O)CCN(Cc2cn(CCC)nn2)[C@@H](C)C1. The molecule has 1 saturated heterocycles. The second-order valence-electron chi connectivity index (χ2n) is 5.72. The summed E-state index contributed by atoms with van der Waals surface area (Å²) in [6, 6.07) is 0.272. The molecule has 2 rings (SSSR count). The minimum Gasteiger partial charge on any atom is -0.385 e. The van der Waals surface area contributed by atoms with Crippen molar-refractivity contribution in [2.24, 2.45) is 0 Å². The van der Waals surface area contributed by atoms with E-state index in [1.165, 1.54) is 0 Å². The monoisotopic (exact) mass is 296 g/mol. The van der Waals surface area contributed by atoms with Crippen LogP contribution in [0.4, 0.5) is 0 Å². The van der Waals surface area contributed by atoms with Crippen LogP contribution in [-0.4, -0.2) is 43.2 Å². The smallest absolute Gasteiger partial charge is 0.0973 e. The quantitative estimate of drug-likeness (QED) is 0.814. The van der Waals surface area contributed by atoms with E-state index in [1.54, 1.807) is 0 Å². The summed E-state index contributed by atoms with van der Waals surface area (Å²) in [5.41, 5.74) is 0.152. The van der Waals surface area contributed by atoms with Gasteiger partial charge in [0.15, 0.2) is 0 Å². The van der Waals surface area contributed by atoms with E-state index in [-0.39, 0.29) is 6.04 Å². The van der Waals surface area contributed by atoms with Crippen LogP contribution in [0.3, 0.4) is 0 Å². The van der Waals surface area contributed by atoms with E-state index < -0.39 is 5.60 Å². The lowest BCUT2D eigenvalue weighted by molar-refractivity contribution is -0.0127. The Labute approximate surface area is 126 Å². The Morgan fingerprint density at radius 1 is 1.65 bits per heavy atom. The standard InChI is InChI=1S/C14H24N4OS/c1-4-6-18-10-13(15-16-18)9-17-7-5-14(19,12(3)20)8-11(17)2/h10-11,19-20H,3-9H2,1-2H3/t11-,14?/m0/s1. The van der Waals surface area contributed by atoms with Gasteiger partial charge in [0.25, 0.3) is 0 Å². The average molecular weight is 296 g/mol. The molecular formula is C14H24N4OS. The van der Waals surface area contributed by atoms with Crippen LogP contribution in [0.1, 0.15) is 38.8 Å². The molecule has 2 atom stereocenters. The van der Waals surface area contributed by atoms with Crippen molar-refractivity contribution < 1.29 is 5.11 Å². The normalized spacial score (nSPS) is 27.7. The van der Waals surface area contributed by atoms with Crippen molar-refractivity contribution in [3.05, 3.63) is 23.4 Å². The molecule has 5 nitrogen and oxygen atoms in total. The zero-order chi connectivity index (χ0) is 14.8. The van der Waals surface area contributed by atoms with E-state index in [0.717, 1.165) is 31.7 Å². The molecule has 2 heterocycles. The van der Waals surface area contributed by atoms with Crippen molar-refractivity contribution in [2.45, 2.75) is 57.8 Å². The van der Waals surface area contributed by atoms with Gasteiger partial charge in [-0.1, -0.05) is 18.7 Å². The summed E-state index contributed by atoms with van der Waals surface area (Å²) in [7, 11) is 0. The predicted octanol–water partition coefficient (Wildman–Crippen LogP) is 1.85. The Morgan fingerprint density at radius 3 is 3.00 bits per heavy atom. The fraction of sp³-hybridized carbons (Fsp3) is 0.714. The molecule has 1 N–H and O–H groups in total. The zero-order valence-electron chi connectivity index (χ0n) is 12.3. The Hall–Kier alpha value is -0.850. The topological polar surface area (TPSA) is 54.2 Å². The second kappa shape index (κ2) is 6.28. The highest BCUT2D eigenvalue weighted by molar-refractivity contribution is 7.84. The van der Waals surface area contributed by atoms with Gasteiger partial charge >= 0.3 is 0 Å². The van der Waals surface area contributed by atoms with Gasteiger partial charge in [-0.3, -0.25) is 9.58 Å². The van der Waals surface area contributed by atoms with Crippen molar-refractivity contribution in [1.29, 1.82) is 0 Å². The van der Waals surface area contributed by atoms with E-state index in [2.05, 4.69) is 48.3 Å². The molecule has 1 fully saturated rings. The number of piperidine rings is 1. The molecule has 0 spiro atoms. The minimum atomic E-state index is -0.834. The third kappa shape index (κ3) is 3.42. The lowest BCUT2D eigenvalue weighted by Crippen LogP contribution is -2.49. The first-order valence-corrected chi connectivity index (χ1v) is 7.63. The van der Waals surface area contributed by atoms with Crippen molar-refractivity contribution in [2.75, 3.05) is 6.54 Å². The average Bonchev–Trinajstić information content (AvgIpc) is 2.81. The van der Waals surface area contributed by atoms with Crippen LogP contribution in [0.5, 0.6) is 0 Å². The third-order valence-electron chi connectivity index (χ3n) is 4.01. The first kappa shape index (κ1) is 15.5. The lowest BCUT2D eigenvalue weighted by Gasteiger charge is -2.42. The lowest BCUT2D eigenvalue weighted by atomic mass is 9.87. The van der Waals surface area contributed by atoms with E-state index in [1.807, 2.05) is 10.9 Å². The van der Waals surface area contributed by atoms with Gasteiger partial charge in [0, 0.05) is 36.8 Å². The van der Waals surface area contributed by atoms with Gasteiger partial charge in [0.05, 0.1) is 11.3 Å². The van der Waals surface area contributed by atoms with Gasteiger partial charge in [-0.25, -0.2) is 0 Å². The maximum absolute atomic E-state index is 10.4. The summed E-state index contributed by atoms with van der Waals surface area (Å²) in [6.45, 7) is 10.5. The maximum Gasteiger partial charge on any atom is 0.0973 e. The Kier molecular flexibility index (Phi) is 4.88. The highest BCUT2D eigenvalue weighted by atomic mass is 32.1. The Bertz CT molecular complexity index is 475. The summed E-state index contributed by atoms with van der Waals surface area (Å²) >= 11 is 4.23. The number of rotatable bonds is 5. The molecule has 1 aromatic heterocycles. The summed E-state index contributed by atoms with van der Waals surface area (Å²) < 4.78 is 1.88. The summed E-state index contributed by atoms with van der Waals surface area (Å²) in [5.74, 6) is 0. The molecule has 1 aliphatic heterocycles. The van der Waals surface area contributed by atoms with Gasteiger partial charge in [0.1, 0.15) is 0 Å². The van der Waals surface area contributed by atoms with Gasteiger partial charge in [-0.2, -0.15) is 0 Å². The maximum atomic E-state index is 10.4. The highest BCUT2D eigenvalue weighted by Crippen LogP contribution is 2.34. The largest absolute Gasteiger partial charge is 0.385 e. The third-order valence-corrected chi connectivity index (χ3v) is 4.43. The molecule has 0 radical (unpaired) electrons.